The predicted octanol–water partition coefficient (Wildman–Crippen LogP) is 3.41. The molecule has 0 atom stereocenters. The molecule has 90 valence electrons. The zero-order valence-electron chi connectivity index (χ0n) is 10.2. The number of benzene rings is 1. The maximum atomic E-state index is 5.60. The van der Waals surface area contributed by atoms with Crippen LogP contribution in [0.4, 0.5) is 0 Å². The fourth-order valence-corrected chi connectivity index (χ4v) is 2.33. The fourth-order valence-electron chi connectivity index (χ4n) is 2.33. The van der Waals surface area contributed by atoms with Crippen LogP contribution in [0.5, 0.6) is 5.88 Å². The van der Waals surface area contributed by atoms with Crippen molar-refractivity contribution in [3.05, 3.63) is 60.2 Å². The standard InChI is InChI=1S/C16H15NO/c1-2-6-13-11-15(12-7-4-3-5-8-12)17-16-14(13)9-10-18-16/h2-5,7-8,11H,1,6,9-10H2. The molecule has 2 heterocycles. The van der Waals surface area contributed by atoms with Crippen molar-refractivity contribution in [3.63, 3.8) is 0 Å². The lowest BCUT2D eigenvalue weighted by Gasteiger charge is -2.08. The monoisotopic (exact) mass is 237 g/mol. The molecule has 1 aliphatic heterocycles. The molecule has 0 bridgehead atoms. The Bertz CT molecular complexity index is 575. The Morgan fingerprint density at radius 3 is 2.89 bits per heavy atom. The average Bonchev–Trinajstić information content (AvgIpc) is 2.88. The predicted molar refractivity (Wildman–Crippen MR) is 72.8 cm³/mol. The summed E-state index contributed by atoms with van der Waals surface area (Å²) in [7, 11) is 0. The summed E-state index contributed by atoms with van der Waals surface area (Å²) in [5.41, 5.74) is 4.63. The highest BCUT2D eigenvalue weighted by atomic mass is 16.5. The molecular formula is C16H15NO. The molecule has 0 saturated heterocycles. The molecule has 0 aliphatic carbocycles. The van der Waals surface area contributed by atoms with Crippen LogP contribution in [0, 0.1) is 0 Å². The van der Waals surface area contributed by atoms with E-state index in [0.717, 1.165) is 36.6 Å². The van der Waals surface area contributed by atoms with Gasteiger partial charge < -0.3 is 4.74 Å². The summed E-state index contributed by atoms with van der Waals surface area (Å²) in [6.07, 6.45) is 3.76. The summed E-state index contributed by atoms with van der Waals surface area (Å²) >= 11 is 0. The van der Waals surface area contributed by atoms with Crippen molar-refractivity contribution in [1.29, 1.82) is 0 Å². The number of hydrogen-bond donors (Lipinski definition) is 0. The lowest BCUT2D eigenvalue weighted by Crippen LogP contribution is -1.94. The van der Waals surface area contributed by atoms with Gasteiger partial charge in [-0.25, -0.2) is 4.98 Å². The molecule has 3 rings (SSSR count). The lowest BCUT2D eigenvalue weighted by molar-refractivity contribution is 0.345. The number of hydrogen-bond acceptors (Lipinski definition) is 2. The van der Waals surface area contributed by atoms with Crippen LogP contribution in [0.3, 0.4) is 0 Å². The van der Waals surface area contributed by atoms with Gasteiger partial charge in [0, 0.05) is 17.5 Å². The fraction of sp³-hybridized carbons (Fsp3) is 0.188. The van der Waals surface area contributed by atoms with Crippen LogP contribution in [0.1, 0.15) is 11.1 Å². The minimum absolute atomic E-state index is 0.741. The molecule has 18 heavy (non-hydrogen) atoms. The summed E-state index contributed by atoms with van der Waals surface area (Å²) in [6.45, 7) is 4.56. The topological polar surface area (TPSA) is 22.1 Å². The Morgan fingerprint density at radius 2 is 2.11 bits per heavy atom. The molecule has 1 aromatic heterocycles. The van der Waals surface area contributed by atoms with E-state index in [1.807, 2.05) is 24.3 Å². The van der Waals surface area contributed by atoms with Gasteiger partial charge in [-0.05, 0) is 18.1 Å². The van der Waals surface area contributed by atoms with Crippen LogP contribution in [-0.4, -0.2) is 11.6 Å². The van der Waals surface area contributed by atoms with E-state index in [4.69, 9.17) is 4.74 Å². The minimum atomic E-state index is 0.741. The van der Waals surface area contributed by atoms with Crippen LogP contribution in [0.2, 0.25) is 0 Å². The van der Waals surface area contributed by atoms with Crippen molar-refractivity contribution in [2.24, 2.45) is 0 Å². The Kier molecular flexibility index (Phi) is 2.85. The molecule has 2 heteroatoms. The summed E-state index contributed by atoms with van der Waals surface area (Å²) in [4.78, 5) is 4.61. The second-order valence-corrected chi connectivity index (χ2v) is 4.41. The number of nitrogens with zero attached hydrogens (tertiary/aromatic N) is 1. The maximum Gasteiger partial charge on any atom is 0.217 e. The zero-order valence-corrected chi connectivity index (χ0v) is 10.2. The maximum absolute atomic E-state index is 5.60. The van der Waals surface area contributed by atoms with Gasteiger partial charge in [-0.2, -0.15) is 0 Å². The van der Waals surface area contributed by atoms with Gasteiger partial charge in [0.1, 0.15) is 0 Å². The first-order valence-electron chi connectivity index (χ1n) is 6.20. The van der Waals surface area contributed by atoms with Gasteiger partial charge in [0.15, 0.2) is 0 Å². The van der Waals surface area contributed by atoms with Gasteiger partial charge in [0.05, 0.1) is 12.3 Å². The lowest BCUT2D eigenvalue weighted by atomic mass is 10.0. The first kappa shape index (κ1) is 11.0. The Labute approximate surface area is 107 Å². The molecule has 0 fully saturated rings. The minimum Gasteiger partial charge on any atom is -0.477 e. The first-order chi connectivity index (χ1) is 8.88. The Hall–Kier alpha value is -2.09. The molecule has 0 amide bonds. The third-order valence-electron chi connectivity index (χ3n) is 3.20. The highest BCUT2D eigenvalue weighted by molar-refractivity contribution is 5.62. The molecule has 0 radical (unpaired) electrons. The normalized spacial score (nSPS) is 12.9. The van der Waals surface area contributed by atoms with Crippen molar-refractivity contribution in [3.8, 4) is 17.1 Å². The molecule has 0 N–H and O–H groups in total. The van der Waals surface area contributed by atoms with Gasteiger partial charge in [0.2, 0.25) is 5.88 Å². The SMILES string of the molecule is C=CCc1cc(-c2ccccc2)nc2c1CCO2. The summed E-state index contributed by atoms with van der Waals surface area (Å²) in [6, 6.07) is 12.4. The van der Waals surface area contributed by atoms with Gasteiger partial charge in [0.25, 0.3) is 0 Å². The second-order valence-electron chi connectivity index (χ2n) is 4.41. The van der Waals surface area contributed by atoms with E-state index in [1.54, 1.807) is 0 Å². The van der Waals surface area contributed by atoms with Crippen molar-refractivity contribution < 1.29 is 4.74 Å². The Balaban J connectivity index is 2.12. The van der Waals surface area contributed by atoms with Crippen molar-refractivity contribution in [2.75, 3.05) is 6.61 Å². The molecule has 2 nitrogen and oxygen atoms in total. The van der Waals surface area contributed by atoms with Crippen LogP contribution < -0.4 is 4.74 Å². The number of pyridine rings is 1. The number of fused-ring (bicyclic) bond motifs is 1. The molecule has 0 saturated carbocycles. The molecule has 0 unspecified atom stereocenters. The van der Waals surface area contributed by atoms with Gasteiger partial charge >= 0.3 is 0 Å². The van der Waals surface area contributed by atoms with Crippen molar-refractivity contribution in [2.45, 2.75) is 12.8 Å². The van der Waals surface area contributed by atoms with Gasteiger partial charge in [-0.15, -0.1) is 6.58 Å². The number of allylic oxidation sites excluding steroid dienone is 1. The van der Waals surface area contributed by atoms with E-state index in [0.29, 0.717) is 0 Å². The number of rotatable bonds is 3. The number of aromatic nitrogens is 1. The molecule has 1 aliphatic rings. The van der Waals surface area contributed by atoms with Crippen LogP contribution in [-0.2, 0) is 12.8 Å². The molecule has 1 aromatic carbocycles. The third-order valence-corrected chi connectivity index (χ3v) is 3.20. The molecule has 2 aromatic rings. The largest absolute Gasteiger partial charge is 0.477 e. The van der Waals surface area contributed by atoms with E-state index in [-0.39, 0.29) is 0 Å². The average molecular weight is 237 g/mol. The van der Waals surface area contributed by atoms with Gasteiger partial charge in [-0.1, -0.05) is 36.4 Å². The zero-order chi connectivity index (χ0) is 12.4. The van der Waals surface area contributed by atoms with Crippen molar-refractivity contribution in [1.82, 2.24) is 4.98 Å². The quantitative estimate of drug-likeness (QED) is 0.763. The smallest absolute Gasteiger partial charge is 0.217 e. The van der Waals surface area contributed by atoms with Crippen LogP contribution in [0.15, 0.2) is 49.1 Å². The second kappa shape index (κ2) is 4.65. The summed E-state index contributed by atoms with van der Waals surface area (Å²) in [5, 5.41) is 0. The molecule has 0 spiro atoms. The van der Waals surface area contributed by atoms with Crippen molar-refractivity contribution >= 4 is 0 Å². The van der Waals surface area contributed by atoms with E-state index >= 15 is 0 Å². The number of ether oxygens (including phenoxy) is 1. The summed E-state index contributed by atoms with van der Waals surface area (Å²) in [5.74, 6) is 0.799. The highest BCUT2D eigenvalue weighted by Gasteiger charge is 2.19. The third kappa shape index (κ3) is 1.90. The highest BCUT2D eigenvalue weighted by Crippen LogP contribution is 2.31. The van der Waals surface area contributed by atoms with E-state index in [2.05, 4.69) is 29.8 Å². The van der Waals surface area contributed by atoms with E-state index in [1.165, 1.54) is 11.1 Å². The van der Waals surface area contributed by atoms with E-state index < -0.39 is 0 Å². The van der Waals surface area contributed by atoms with E-state index in [9.17, 15) is 0 Å². The van der Waals surface area contributed by atoms with Crippen LogP contribution >= 0.6 is 0 Å². The van der Waals surface area contributed by atoms with Gasteiger partial charge in [-0.3, -0.25) is 0 Å². The summed E-state index contributed by atoms with van der Waals surface area (Å²) < 4.78 is 5.60. The molecular weight excluding hydrogens is 222 g/mol. The first-order valence-corrected chi connectivity index (χ1v) is 6.20. The van der Waals surface area contributed by atoms with Crippen LogP contribution in [0.25, 0.3) is 11.3 Å². The Morgan fingerprint density at radius 1 is 1.28 bits per heavy atom.